The summed E-state index contributed by atoms with van der Waals surface area (Å²) in [6.45, 7) is 9.25. The lowest BCUT2D eigenvalue weighted by Gasteiger charge is -2.24. The van der Waals surface area contributed by atoms with Crippen molar-refractivity contribution < 1.29 is 0 Å². The van der Waals surface area contributed by atoms with E-state index in [0.29, 0.717) is 11.2 Å². The van der Waals surface area contributed by atoms with Crippen molar-refractivity contribution in [2.45, 2.75) is 44.3 Å². The van der Waals surface area contributed by atoms with Crippen LogP contribution in [0.15, 0.2) is 41.8 Å². The lowest BCUT2D eigenvalue weighted by atomic mass is 9.80. The summed E-state index contributed by atoms with van der Waals surface area (Å²) in [5.41, 5.74) is 15.6. The maximum absolute atomic E-state index is 6.40. The molecule has 2 atom stereocenters. The number of thioether (sulfide) groups is 1. The van der Waals surface area contributed by atoms with Crippen LogP contribution in [0.3, 0.4) is 0 Å². The monoisotopic (exact) mass is 321 g/mol. The molecule has 1 heterocycles. The molecule has 2 aromatic carbocycles. The maximum Gasteiger partial charge on any atom is 0.0454 e. The van der Waals surface area contributed by atoms with Gasteiger partial charge in [0.1, 0.15) is 0 Å². The van der Waals surface area contributed by atoms with Gasteiger partial charge in [0.2, 0.25) is 0 Å². The molecule has 4 rings (SSSR count). The Balaban J connectivity index is 2.03. The summed E-state index contributed by atoms with van der Waals surface area (Å²) in [5.74, 6) is 0.494. The van der Waals surface area contributed by atoms with Gasteiger partial charge in [0.25, 0.3) is 0 Å². The third kappa shape index (κ3) is 2.01. The maximum atomic E-state index is 6.40. The van der Waals surface area contributed by atoms with Crippen molar-refractivity contribution in [1.29, 1.82) is 0 Å². The summed E-state index contributed by atoms with van der Waals surface area (Å²) in [6, 6.07) is 13.6. The van der Waals surface area contributed by atoms with Crippen LogP contribution >= 0.6 is 11.8 Å². The fraction of sp³-hybridized carbons (Fsp3) is 0.333. The van der Waals surface area contributed by atoms with Crippen LogP contribution in [-0.2, 0) is 5.41 Å². The van der Waals surface area contributed by atoms with Crippen molar-refractivity contribution in [3.05, 3.63) is 64.1 Å². The Morgan fingerprint density at radius 2 is 1.70 bits per heavy atom. The predicted octanol–water partition coefficient (Wildman–Crippen LogP) is 5.49. The van der Waals surface area contributed by atoms with Crippen molar-refractivity contribution in [1.82, 2.24) is 0 Å². The molecule has 1 nitrogen and oxygen atoms in total. The molecular formula is C21H23NS. The summed E-state index contributed by atoms with van der Waals surface area (Å²) < 4.78 is 0. The lowest BCUT2D eigenvalue weighted by molar-refractivity contribution is 0.659. The van der Waals surface area contributed by atoms with Crippen LogP contribution in [-0.4, -0.2) is 5.25 Å². The summed E-state index contributed by atoms with van der Waals surface area (Å²) >= 11 is 1.85. The number of hydrogen-bond acceptors (Lipinski definition) is 2. The molecule has 0 fully saturated rings. The average Bonchev–Trinajstić information content (AvgIpc) is 2.72. The highest BCUT2D eigenvalue weighted by Gasteiger charge is 2.37. The highest BCUT2D eigenvalue weighted by molar-refractivity contribution is 8.02. The normalized spacial score (nSPS) is 24.3. The second-order valence-electron chi connectivity index (χ2n) is 7.36. The van der Waals surface area contributed by atoms with Crippen LogP contribution in [0.4, 0.5) is 0 Å². The van der Waals surface area contributed by atoms with Crippen LogP contribution in [0.1, 0.15) is 55.9 Å². The van der Waals surface area contributed by atoms with Crippen LogP contribution in [0.2, 0.25) is 0 Å². The molecule has 0 radical (unpaired) electrons. The standard InChI is InChI=1S/C21H23NS/c1-12-13(2)23-11-20(22)17-10-19-16(9-15(12)17)14-7-5-6-8-18(14)21(19,3)4/h5-13H,22H2,1-4H3. The van der Waals surface area contributed by atoms with Crippen molar-refractivity contribution in [2.24, 2.45) is 5.73 Å². The minimum Gasteiger partial charge on any atom is -0.398 e. The minimum absolute atomic E-state index is 0.0372. The number of benzene rings is 2. The summed E-state index contributed by atoms with van der Waals surface area (Å²) in [6.07, 6.45) is 0. The van der Waals surface area contributed by atoms with Gasteiger partial charge in [-0.05, 0) is 51.3 Å². The first kappa shape index (κ1) is 14.9. The fourth-order valence-corrected chi connectivity index (χ4v) is 4.88. The Morgan fingerprint density at radius 3 is 2.48 bits per heavy atom. The van der Waals surface area contributed by atoms with Crippen molar-refractivity contribution in [3.63, 3.8) is 0 Å². The molecule has 0 saturated heterocycles. The van der Waals surface area contributed by atoms with Crippen molar-refractivity contribution >= 4 is 17.5 Å². The third-order valence-corrected chi connectivity index (χ3v) is 6.90. The number of rotatable bonds is 0. The first-order valence-electron chi connectivity index (χ1n) is 8.31. The van der Waals surface area contributed by atoms with E-state index in [1.165, 1.54) is 33.4 Å². The Hall–Kier alpha value is -1.67. The molecule has 2 aromatic rings. The van der Waals surface area contributed by atoms with E-state index in [1.54, 1.807) is 0 Å². The van der Waals surface area contributed by atoms with Crippen LogP contribution in [0.25, 0.3) is 16.8 Å². The topological polar surface area (TPSA) is 26.0 Å². The van der Waals surface area contributed by atoms with Crippen LogP contribution in [0, 0.1) is 0 Å². The molecule has 0 saturated carbocycles. The van der Waals surface area contributed by atoms with Gasteiger partial charge in [-0.1, -0.05) is 52.0 Å². The van der Waals surface area contributed by atoms with E-state index in [9.17, 15) is 0 Å². The zero-order chi connectivity index (χ0) is 16.4. The second kappa shape index (κ2) is 4.91. The van der Waals surface area contributed by atoms with Gasteiger partial charge in [-0.3, -0.25) is 0 Å². The highest BCUT2D eigenvalue weighted by atomic mass is 32.2. The molecule has 23 heavy (non-hydrogen) atoms. The van der Waals surface area contributed by atoms with E-state index < -0.39 is 0 Å². The van der Waals surface area contributed by atoms with Gasteiger partial charge in [-0.15, -0.1) is 11.8 Å². The molecule has 1 aliphatic carbocycles. The van der Waals surface area contributed by atoms with E-state index in [2.05, 4.69) is 69.5 Å². The fourth-order valence-electron chi connectivity index (χ4n) is 4.01. The van der Waals surface area contributed by atoms with E-state index in [1.807, 2.05) is 11.8 Å². The summed E-state index contributed by atoms with van der Waals surface area (Å²) in [7, 11) is 0. The molecule has 0 aromatic heterocycles. The number of fused-ring (bicyclic) bond motifs is 4. The van der Waals surface area contributed by atoms with Crippen LogP contribution in [0.5, 0.6) is 0 Å². The second-order valence-corrected chi connectivity index (χ2v) is 8.61. The summed E-state index contributed by atoms with van der Waals surface area (Å²) in [4.78, 5) is 0. The van der Waals surface area contributed by atoms with E-state index in [-0.39, 0.29) is 5.41 Å². The molecular weight excluding hydrogens is 298 g/mol. The molecule has 0 bridgehead atoms. The molecule has 0 spiro atoms. The van der Waals surface area contributed by atoms with E-state index in [0.717, 1.165) is 5.70 Å². The molecule has 2 aliphatic rings. The largest absolute Gasteiger partial charge is 0.398 e. The number of hydrogen-bond donors (Lipinski definition) is 1. The van der Waals surface area contributed by atoms with Gasteiger partial charge in [0, 0.05) is 21.9 Å². The molecule has 2 N–H and O–H groups in total. The van der Waals surface area contributed by atoms with Gasteiger partial charge in [-0.2, -0.15) is 0 Å². The first-order valence-corrected chi connectivity index (χ1v) is 9.25. The van der Waals surface area contributed by atoms with Gasteiger partial charge >= 0.3 is 0 Å². The Kier molecular flexibility index (Phi) is 3.18. The van der Waals surface area contributed by atoms with Gasteiger partial charge in [0.05, 0.1) is 0 Å². The Labute approximate surface area is 143 Å². The lowest BCUT2D eigenvalue weighted by Crippen LogP contribution is -2.16. The molecule has 2 unspecified atom stereocenters. The van der Waals surface area contributed by atoms with Crippen molar-refractivity contribution in [2.75, 3.05) is 0 Å². The highest BCUT2D eigenvalue weighted by Crippen LogP contribution is 2.51. The minimum atomic E-state index is 0.0372. The van der Waals surface area contributed by atoms with Crippen LogP contribution < -0.4 is 5.73 Å². The number of nitrogens with two attached hydrogens (primary N) is 1. The molecule has 118 valence electrons. The average molecular weight is 321 g/mol. The predicted molar refractivity (Wildman–Crippen MR) is 102 cm³/mol. The SMILES string of the molecule is CC1SC=C(N)c2cc3c(cc2C1C)-c1ccccc1C3(C)C. The van der Waals surface area contributed by atoms with Gasteiger partial charge in [0.15, 0.2) is 0 Å². The summed E-state index contributed by atoms with van der Waals surface area (Å²) in [5, 5.41) is 2.67. The Bertz CT molecular complexity index is 832. The van der Waals surface area contributed by atoms with Gasteiger partial charge in [-0.25, -0.2) is 0 Å². The Morgan fingerprint density at radius 1 is 0.957 bits per heavy atom. The quantitative estimate of drug-likeness (QED) is 0.694. The van der Waals surface area contributed by atoms with Gasteiger partial charge < -0.3 is 5.73 Å². The van der Waals surface area contributed by atoms with Crippen molar-refractivity contribution in [3.8, 4) is 11.1 Å². The molecule has 0 amide bonds. The van der Waals surface area contributed by atoms with E-state index >= 15 is 0 Å². The van der Waals surface area contributed by atoms with E-state index in [4.69, 9.17) is 5.73 Å². The molecule has 2 heteroatoms. The zero-order valence-electron chi connectivity index (χ0n) is 14.2. The molecule has 1 aliphatic heterocycles. The third-order valence-electron chi connectivity index (χ3n) is 5.67. The smallest absolute Gasteiger partial charge is 0.0454 e. The first-order chi connectivity index (χ1) is 10.9. The zero-order valence-corrected chi connectivity index (χ0v) is 15.0.